The molecule has 3 N–H and O–H groups in total. The fourth-order valence-electron chi connectivity index (χ4n) is 2.51. The van der Waals surface area contributed by atoms with Crippen molar-refractivity contribution >= 4 is 11.8 Å². The van der Waals surface area contributed by atoms with Gasteiger partial charge < -0.3 is 20.7 Å². The van der Waals surface area contributed by atoms with Gasteiger partial charge in [0, 0.05) is 31.6 Å². The third-order valence-electron chi connectivity index (χ3n) is 3.84. The van der Waals surface area contributed by atoms with Crippen molar-refractivity contribution in [2.75, 3.05) is 20.2 Å². The number of hydrogen-bond acceptors (Lipinski definition) is 4. The highest BCUT2D eigenvalue weighted by Gasteiger charge is 2.34. The van der Waals surface area contributed by atoms with Gasteiger partial charge in [-0.05, 0) is 31.5 Å². The number of ether oxygens (including phenoxy) is 1. The molecule has 1 unspecified atom stereocenters. The Bertz CT molecular complexity index is 563. The standard InChI is InChI=1S/C17H25N3O3/c1-17(2,18)11-19-16(22)13-8-15(21)20(10-13)9-12-4-6-14(23-3)7-5-12/h4-7,13H,8-11,18H2,1-3H3,(H,19,22). The SMILES string of the molecule is COc1ccc(CN2CC(C(=O)NCC(C)(C)N)CC2=O)cc1. The number of carbonyl (C=O) groups is 2. The number of carbonyl (C=O) groups excluding carboxylic acids is 2. The average Bonchev–Trinajstić information content (AvgIpc) is 2.86. The molecule has 1 aliphatic heterocycles. The van der Waals surface area contributed by atoms with Gasteiger partial charge in [0.2, 0.25) is 11.8 Å². The van der Waals surface area contributed by atoms with Gasteiger partial charge in [0.05, 0.1) is 13.0 Å². The maximum atomic E-state index is 12.2. The quantitative estimate of drug-likeness (QED) is 0.816. The second-order valence-electron chi connectivity index (χ2n) is 6.73. The van der Waals surface area contributed by atoms with Crippen LogP contribution in [0.25, 0.3) is 0 Å². The predicted octanol–water partition coefficient (Wildman–Crippen LogP) is 0.897. The number of hydrogen-bond donors (Lipinski definition) is 2. The van der Waals surface area contributed by atoms with Crippen molar-refractivity contribution in [3.8, 4) is 5.75 Å². The Kier molecular flexibility index (Phi) is 5.26. The molecule has 0 aliphatic carbocycles. The first-order valence-corrected chi connectivity index (χ1v) is 7.76. The normalized spacial score (nSPS) is 18.2. The smallest absolute Gasteiger partial charge is 0.225 e. The Labute approximate surface area is 137 Å². The molecule has 0 radical (unpaired) electrons. The summed E-state index contributed by atoms with van der Waals surface area (Å²) in [7, 11) is 1.62. The lowest BCUT2D eigenvalue weighted by Crippen LogP contribution is -2.46. The van der Waals surface area contributed by atoms with E-state index in [9.17, 15) is 9.59 Å². The van der Waals surface area contributed by atoms with Crippen molar-refractivity contribution in [2.24, 2.45) is 11.7 Å². The average molecular weight is 319 g/mol. The van der Waals surface area contributed by atoms with Crippen molar-refractivity contribution in [3.05, 3.63) is 29.8 Å². The molecule has 0 spiro atoms. The van der Waals surface area contributed by atoms with Crippen LogP contribution in [0, 0.1) is 5.92 Å². The Morgan fingerprint density at radius 1 is 1.39 bits per heavy atom. The lowest BCUT2D eigenvalue weighted by atomic mass is 10.1. The second kappa shape index (κ2) is 7.00. The van der Waals surface area contributed by atoms with E-state index in [1.807, 2.05) is 38.1 Å². The Morgan fingerprint density at radius 3 is 2.61 bits per heavy atom. The van der Waals surface area contributed by atoms with Crippen LogP contribution in [-0.2, 0) is 16.1 Å². The van der Waals surface area contributed by atoms with Gasteiger partial charge in [-0.1, -0.05) is 12.1 Å². The van der Waals surface area contributed by atoms with Gasteiger partial charge in [0.15, 0.2) is 0 Å². The second-order valence-corrected chi connectivity index (χ2v) is 6.73. The molecule has 126 valence electrons. The molecule has 1 aliphatic rings. The summed E-state index contributed by atoms with van der Waals surface area (Å²) in [5, 5.41) is 2.83. The molecule has 2 rings (SSSR count). The topological polar surface area (TPSA) is 84.7 Å². The zero-order valence-electron chi connectivity index (χ0n) is 14.0. The molecule has 2 amide bonds. The number of likely N-dealkylation sites (tertiary alicyclic amines) is 1. The number of amides is 2. The van der Waals surface area contributed by atoms with Gasteiger partial charge in [-0.2, -0.15) is 0 Å². The predicted molar refractivity (Wildman–Crippen MR) is 87.8 cm³/mol. The number of nitrogens with zero attached hydrogens (tertiary/aromatic N) is 1. The molecule has 1 atom stereocenters. The lowest BCUT2D eigenvalue weighted by Gasteiger charge is -2.21. The number of nitrogens with one attached hydrogen (secondary N) is 1. The number of rotatable bonds is 6. The van der Waals surface area contributed by atoms with Gasteiger partial charge in [0.1, 0.15) is 5.75 Å². The van der Waals surface area contributed by atoms with E-state index in [4.69, 9.17) is 10.5 Å². The molecule has 1 heterocycles. The highest BCUT2D eigenvalue weighted by atomic mass is 16.5. The van der Waals surface area contributed by atoms with Crippen LogP contribution in [0.2, 0.25) is 0 Å². The largest absolute Gasteiger partial charge is 0.497 e. The van der Waals surface area contributed by atoms with Gasteiger partial charge in [-0.15, -0.1) is 0 Å². The van der Waals surface area contributed by atoms with Crippen LogP contribution in [-0.4, -0.2) is 42.5 Å². The fourth-order valence-corrected chi connectivity index (χ4v) is 2.51. The fraction of sp³-hybridized carbons (Fsp3) is 0.529. The zero-order chi connectivity index (χ0) is 17.0. The van der Waals surface area contributed by atoms with Crippen LogP contribution in [0.1, 0.15) is 25.8 Å². The van der Waals surface area contributed by atoms with Crippen molar-refractivity contribution in [3.63, 3.8) is 0 Å². The Morgan fingerprint density at radius 2 is 2.04 bits per heavy atom. The molecule has 1 fully saturated rings. The summed E-state index contributed by atoms with van der Waals surface area (Å²) in [5.41, 5.74) is 6.42. The third kappa shape index (κ3) is 4.96. The maximum Gasteiger partial charge on any atom is 0.225 e. The van der Waals surface area contributed by atoms with Crippen molar-refractivity contribution in [1.29, 1.82) is 0 Å². The highest BCUT2D eigenvalue weighted by Crippen LogP contribution is 2.21. The first kappa shape index (κ1) is 17.3. The summed E-state index contributed by atoms with van der Waals surface area (Å²) in [4.78, 5) is 26.0. The Balaban J connectivity index is 1.90. The van der Waals surface area contributed by atoms with Crippen molar-refractivity contribution < 1.29 is 14.3 Å². The van der Waals surface area contributed by atoms with Crippen LogP contribution in [0.5, 0.6) is 5.75 Å². The first-order chi connectivity index (χ1) is 10.8. The van der Waals surface area contributed by atoms with Crippen LogP contribution in [0.3, 0.4) is 0 Å². The summed E-state index contributed by atoms with van der Waals surface area (Å²) in [6.07, 6.45) is 0.257. The molecular formula is C17H25N3O3. The molecule has 1 aromatic rings. The molecular weight excluding hydrogens is 294 g/mol. The maximum absolute atomic E-state index is 12.2. The Hall–Kier alpha value is -2.08. The van der Waals surface area contributed by atoms with E-state index in [-0.39, 0.29) is 24.2 Å². The number of nitrogens with two attached hydrogens (primary N) is 1. The van der Waals surface area contributed by atoms with Crippen molar-refractivity contribution in [1.82, 2.24) is 10.2 Å². The van der Waals surface area contributed by atoms with Crippen molar-refractivity contribution in [2.45, 2.75) is 32.4 Å². The van der Waals surface area contributed by atoms with Gasteiger partial charge in [-0.25, -0.2) is 0 Å². The van der Waals surface area contributed by atoms with E-state index < -0.39 is 5.54 Å². The zero-order valence-corrected chi connectivity index (χ0v) is 14.0. The summed E-state index contributed by atoms with van der Waals surface area (Å²) in [6, 6.07) is 7.58. The third-order valence-corrected chi connectivity index (χ3v) is 3.84. The van der Waals surface area contributed by atoms with Gasteiger partial charge >= 0.3 is 0 Å². The summed E-state index contributed by atoms with van der Waals surface area (Å²) in [6.45, 7) is 5.05. The lowest BCUT2D eigenvalue weighted by molar-refractivity contribution is -0.129. The first-order valence-electron chi connectivity index (χ1n) is 7.76. The van der Waals surface area contributed by atoms with Crippen LogP contribution < -0.4 is 15.8 Å². The van der Waals surface area contributed by atoms with Crippen LogP contribution in [0.4, 0.5) is 0 Å². The van der Waals surface area contributed by atoms with Gasteiger partial charge in [0.25, 0.3) is 0 Å². The van der Waals surface area contributed by atoms with Crippen LogP contribution >= 0.6 is 0 Å². The van der Waals surface area contributed by atoms with Gasteiger partial charge in [-0.3, -0.25) is 9.59 Å². The molecule has 0 aromatic heterocycles. The molecule has 6 heteroatoms. The van der Waals surface area contributed by atoms with E-state index in [1.165, 1.54) is 0 Å². The minimum atomic E-state index is -0.457. The van der Waals surface area contributed by atoms with E-state index in [2.05, 4.69) is 5.32 Å². The molecule has 1 saturated heterocycles. The van der Waals surface area contributed by atoms with E-state index in [0.29, 0.717) is 19.6 Å². The molecule has 0 saturated carbocycles. The molecule has 1 aromatic carbocycles. The van der Waals surface area contributed by atoms with E-state index in [1.54, 1.807) is 12.0 Å². The number of methoxy groups -OCH3 is 1. The number of benzene rings is 1. The van der Waals surface area contributed by atoms with Crippen LogP contribution in [0.15, 0.2) is 24.3 Å². The summed E-state index contributed by atoms with van der Waals surface area (Å²) >= 11 is 0. The monoisotopic (exact) mass is 319 g/mol. The highest BCUT2D eigenvalue weighted by molar-refractivity contribution is 5.89. The summed E-state index contributed by atoms with van der Waals surface area (Å²) in [5.74, 6) is 0.383. The summed E-state index contributed by atoms with van der Waals surface area (Å²) < 4.78 is 5.12. The molecule has 6 nitrogen and oxygen atoms in total. The minimum Gasteiger partial charge on any atom is -0.497 e. The minimum absolute atomic E-state index is 0.00739. The molecule has 23 heavy (non-hydrogen) atoms. The van der Waals surface area contributed by atoms with E-state index >= 15 is 0 Å². The van der Waals surface area contributed by atoms with E-state index in [0.717, 1.165) is 11.3 Å². The molecule has 0 bridgehead atoms.